The van der Waals surface area contributed by atoms with E-state index < -0.39 is 0 Å². The first-order valence-corrected chi connectivity index (χ1v) is 6.81. The third kappa shape index (κ3) is 3.43. The van der Waals surface area contributed by atoms with Gasteiger partial charge in [-0.25, -0.2) is 9.48 Å². The number of ether oxygens (including phenoxy) is 1. The Balaban J connectivity index is 1.72. The first-order valence-electron chi connectivity index (χ1n) is 6.81. The fourth-order valence-corrected chi connectivity index (χ4v) is 2.04. The average Bonchev–Trinajstić information content (AvgIpc) is 3.10. The number of nitrogens with one attached hydrogen (secondary N) is 2. The van der Waals surface area contributed by atoms with Gasteiger partial charge in [0, 0.05) is 5.69 Å². The quantitative estimate of drug-likeness (QED) is 0.771. The van der Waals surface area contributed by atoms with Crippen molar-refractivity contribution in [2.75, 3.05) is 17.7 Å². The molecule has 8 heteroatoms. The summed E-state index contributed by atoms with van der Waals surface area (Å²) in [6.07, 6.45) is 1.48. The third-order valence-corrected chi connectivity index (χ3v) is 3.07. The minimum absolute atomic E-state index is 0.372. The third-order valence-electron chi connectivity index (χ3n) is 3.07. The van der Waals surface area contributed by atoms with Crippen LogP contribution in [-0.4, -0.2) is 33.3 Å². The van der Waals surface area contributed by atoms with Crippen LogP contribution in [0.1, 0.15) is 0 Å². The molecule has 0 aliphatic carbocycles. The van der Waals surface area contributed by atoms with Crippen molar-refractivity contribution < 1.29 is 9.53 Å². The summed E-state index contributed by atoms with van der Waals surface area (Å²) in [5.41, 5.74) is 1.94. The van der Waals surface area contributed by atoms with Crippen molar-refractivity contribution in [3.63, 3.8) is 0 Å². The van der Waals surface area contributed by atoms with Gasteiger partial charge in [0.2, 0.25) is 0 Å². The highest BCUT2D eigenvalue weighted by molar-refractivity contribution is 6.00. The highest BCUT2D eigenvalue weighted by Crippen LogP contribution is 2.23. The van der Waals surface area contributed by atoms with Crippen LogP contribution in [0.4, 0.5) is 16.2 Å². The van der Waals surface area contributed by atoms with E-state index in [9.17, 15) is 4.79 Å². The lowest BCUT2D eigenvalue weighted by molar-refractivity contribution is 0.262. The van der Waals surface area contributed by atoms with E-state index in [-0.39, 0.29) is 6.03 Å². The Morgan fingerprint density at radius 1 is 1.13 bits per heavy atom. The summed E-state index contributed by atoms with van der Waals surface area (Å²) in [6.45, 7) is 0. The van der Waals surface area contributed by atoms with E-state index in [0.29, 0.717) is 17.1 Å². The highest BCUT2D eigenvalue weighted by atomic mass is 16.5. The zero-order chi connectivity index (χ0) is 16.1. The Labute approximate surface area is 132 Å². The molecule has 0 saturated heterocycles. The fourth-order valence-electron chi connectivity index (χ4n) is 2.04. The van der Waals surface area contributed by atoms with Gasteiger partial charge < -0.3 is 15.4 Å². The summed E-state index contributed by atoms with van der Waals surface area (Å²) in [6, 6.07) is 14.0. The number of carbonyl (C=O) groups excluding carboxylic acids is 1. The molecule has 1 aromatic heterocycles. The number of amides is 2. The van der Waals surface area contributed by atoms with Gasteiger partial charge in [-0.05, 0) is 40.8 Å². The number of methoxy groups -OCH3 is 1. The number of carbonyl (C=O) groups is 1. The molecule has 0 atom stereocenters. The Hall–Kier alpha value is -3.42. The summed E-state index contributed by atoms with van der Waals surface area (Å²) >= 11 is 0. The molecule has 0 spiro atoms. The molecule has 0 unspecified atom stereocenters. The maximum absolute atomic E-state index is 12.1. The second-order valence-electron chi connectivity index (χ2n) is 4.58. The molecule has 0 saturated carbocycles. The number of urea groups is 1. The van der Waals surface area contributed by atoms with Crippen molar-refractivity contribution >= 4 is 17.4 Å². The van der Waals surface area contributed by atoms with E-state index in [1.165, 1.54) is 11.0 Å². The number of rotatable bonds is 4. The SMILES string of the molecule is COc1ccccc1NC(=O)Nc1cccc(-n2cnnn2)c1. The van der Waals surface area contributed by atoms with E-state index in [1.807, 2.05) is 18.2 Å². The van der Waals surface area contributed by atoms with Crippen molar-refractivity contribution in [1.82, 2.24) is 20.2 Å². The van der Waals surface area contributed by atoms with Crippen LogP contribution in [0.2, 0.25) is 0 Å². The number of nitrogens with zero attached hydrogens (tertiary/aromatic N) is 4. The second kappa shape index (κ2) is 6.56. The van der Waals surface area contributed by atoms with Gasteiger partial charge in [-0.3, -0.25) is 0 Å². The summed E-state index contributed by atoms with van der Waals surface area (Å²) in [4.78, 5) is 12.1. The molecule has 2 aromatic carbocycles. The summed E-state index contributed by atoms with van der Waals surface area (Å²) < 4.78 is 6.70. The number of para-hydroxylation sites is 2. The van der Waals surface area contributed by atoms with Gasteiger partial charge in [0.05, 0.1) is 18.5 Å². The van der Waals surface area contributed by atoms with Crippen LogP contribution in [-0.2, 0) is 0 Å². The van der Waals surface area contributed by atoms with Crippen molar-refractivity contribution in [3.8, 4) is 11.4 Å². The number of benzene rings is 2. The van der Waals surface area contributed by atoms with Gasteiger partial charge in [-0.15, -0.1) is 5.10 Å². The predicted molar refractivity (Wildman–Crippen MR) is 84.8 cm³/mol. The number of aromatic nitrogens is 4. The second-order valence-corrected chi connectivity index (χ2v) is 4.58. The van der Waals surface area contributed by atoms with Crippen LogP contribution in [0.3, 0.4) is 0 Å². The zero-order valence-corrected chi connectivity index (χ0v) is 12.3. The van der Waals surface area contributed by atoms with Gasteiger partial charge in [-0.1, -0.05) is 18.2 Å². The highest BCUT2D eigenvalue weighted by Gasteiger charge is 2.07. The lowest BCUT2D eigenvalue weighted by Gasteiger charge is -2.11. The van der Waals surface area contributed by atoms with Gasteiger partial charge in [0.1, 0.15) is 12.1 Å². The molecule has 23 heavy (non-hydrogen) atoms. The predicted octanol–water partition coefficient (Wildman–Crippen LogP) is 2.31. The number of anilines is 2. The molecule has 0 fully saturated rings. The van der Waals surface area contributed by atoms with Crippen molar-refractivity contribution in [1.29, 1.82) is 0 Å². The molecule has 0 aliphatic heterocycles. The number of hydrogen-bond acceptors (Lipinski definition) is 5. The Bertz CT molecular complexity index is 803. The first kappa shape index (κ1) is 14.5. The van der Waals surface area contributed by atoms with Crippen LogP contribution in [0.5, 0.6) is 5.75 Å². The summed E-state index contributed by atoms with van der Waals surface area (Å²) in [5.74, 6) is 0.588. The zero-order valence-electron chi connectivity index (χ0n) is 12.3. The maximum atomic E-state index is 12.1. The van der Waals surface area contributed by atoms with E-state index in [4.69, 9.17) is 4.74 Å². The Kier molecular flexibility index (Phi) is 4.14. The summed E-state index contributed by atoms with van der Waals surface area (Å²) in [7, 11) is 1.55. The van der Waals surface area contributed by atoms with E-state index in [1.54, 1.807) is 37.4 Å². The molecule has 8 nitrogen and oxygen atoms in total. The lowest BCUT2D eigenvalue weighted by atomic mass is 10.2. The molecule has 3 rings (SSSR count). The van der Waals surface area contributed by atoms with E-state index in [0.717, 1.165) is 5.69 Å². The van der Waals surface area contributed by atoms with E-state index in [2.05, 4.69) is 26.2 Å². The number of hydrogen-bond donors (Lipinski definition) is 2. The Morgan fingerprint density at radius 3 is 2.78 bits per heavy atom. The molecule has 116 valence electrons. The largest absolute Gasteiger partial charge is 0.495 e. The van der Waals surface area contributed by atoms with Crippen molar-refractivity contribution in [3.05, 3.63) is 54.9 Å². The molecule has 1 heterocycles. The molecule has 0 bridgehead atoms. The molecule has 0 radical (unpaired) electrons. The van der Waals surface area contributed by atoms with Crippen molar-refractivity contribution in [2.24, 2.45) is 0 Å². The topological polar surface area (TPSA) is 94.0 Å². The molecule has 2 N–H and O–H groups in total. The maximum Gasteiger partial charge on any atom is 0.323 e. The fraction of sp³-hybridized carbons (Fsp3) is 0.0667. The Morgan fingerprint density at radius 2 is 2.00 bits per heavy atom. The minimum Gasteiger partial charge on any atom is -0.495 e. The van der Waals surface area contributed by atoms with Gasteiger partial charge >= 0.3 is 6.03 Å². The molecular weight excluding hydrogens is 296 g/mol. The van der Waals surface area contributed by atoms with Gasteiger partial charge in [0.15, 0.2) is 0 Å². The average molecular weight is 310 g/mol. The first-order chi connectivity index (χ1) is 11.3. The monoisotopic (exact) mass is 310 g/mol. The van der Waals surface area contributed by atoms with Crippen LogP contribution < -0.4 is 15.4 Å². The van der Waals surface area contributed by atoms with Crippen LogP contribution in [0.25, 0.3) is 5.69 Å². The van der Waals surface area contributed by atoms with Crippen molar-refractivity contribution in [2.45, 2.75) is 0 Å². The number of tetrazole rings is 1. The standard InChI is InChI=1S/C15H14N6O2/c1-23-14-8-3-2-7-13(14)18-15(22)17-11-5-4-6-12(9-11)21-10-16-19-20-21/h2-10H,1H3,(H2,17,18,22). The van der Waals surface area contributed by atoms with Gasteiger partial charge in [0.25, 0.3) is 0 Å². The normalized spacial score (nSPS) is 10.1. The smallest absolute Gasteiger partial charge is 0.323 e. The van der Waals surface area contributed by atoms with Crippen LogP contribution >= 0.6 is 0 Å². The lowest BCUT2D eigenvalue weighted by Crippen LogP contribution is -2.19. The van der Waals surface area contributed by atoms with Crippen LogP contribution in [0, 0.1) is 0 Å². The minimum atomic E-state index is -0.372. The molecular formula is C15H14N6O2. The molecule has 0 aliphatic rings. The summed E-state index contributed by atoms with van der Waals surface area (Å²) in [5, 5.41) is 16.5. The van der Waals surface area contributed by atoms with Crippen LogP contribution in [0.15, 0.2) is 54.9 Å². The van der Waals surface area contributed by atoms with E-state index >= 15 is 0 Å². The van der Waals surface area contributed by atoms with Gasteiger partial charge in [-0.2, -0.15) is 0 Å². The molecule has 2 amide bonds. The molecule has 3 aromatic rings.